The lowest BCUT2D eigenvalue weighted by Gasteiger charge is -2.15. The first-order valence-corrected chi connectivity index (χ1v) is 8.97. The summed E-state index contributed by atoms with van der Waals surface area (Å²) in [6.07, 6.45) is 0. The highest BCUT2D eigenvalue weighted by molar-refractivity contribution is 9.10. The Hall–Kier alpha value is -1.06. The number of benzene rings is 2. The molecule has 0 spiro atoms. The topological polar surface area (TPSA) is 0 Å². The van der Waals surface area contributed by atoms with Gasteiger partial charge in [-0.2, -0.15) is 26.3 Å². The second-order valence-electron chi connectivity index (χ2n) is 4.81. The summed E-state index contributed by atoms with van der Waals surface area (Å²) in [5.74, 6) is -8.45. The van der Waals surface area contributed by atoms with E-state index in [0.717, 1.165) is 24.3 Å². The van der Waals surface area contributed by atoms with E-state index in [2.05, 4.69) is 31.9 Å². The Bertz CT molecular complexity index is 757. The van der Waals surface area contributed by atoms with Gasteiger partial charge >= 0.3 is 11.8 Å². The van der Waals surface area contributed by atoms with E-state index in [1.165, 1.54) is 24.3 Å². The van der Waals surface area contributed by atoms with Crippen molar-refractivity contribution in [1.82, 2.24) is 0 Å². The van der Waals surface area contributed by atoms with Gasteiger partial charge in [-0.25, -0.2) is 0 Å². The van der Waals surface area contributed by atoms with E-state index in [9.17, 15) is 26.3 Å². The first kappa shape index (κ1) is 20.3. The van der Waals surface area contributed by atoms with Crippen LogP contribution in [0.3, 0.4) is 0 Å². The van der Waals surface area contributed by atoms with Crippen molar-refractivity contribution in [3.05, 3.63) is 68.6 Å². The molecule has 0 aromatic heterocycles. The number of rotatable bonds is 4. The summed E-state index contributed by atoms with van der Waals surface area (Å²) in [6, 6.07) is 8.58. The molecule has 0 aliphatic heterocycles. The Kier molecular flexibility index (Phi) is 6.22. The van der Waals surface area contributed by atoms with Crippen LogP contribution < -0.4 is 0 Å². The van der Waals surface area contributed by atoms with Gasteiger partial charge in [-0.05, 0) is 24.3 Å². The third-order valence-electron chi connectivity index (χ3n) is 3.09. The lowest BCUT2D eigenvalue weighted by atomic mass is 10.1. The Morgan fingerprint density at radius 2 is 0.920 bits per heavy atom. The Labute approximate surface area is 159 Å². The Morgan fingerprint density at radius 3 is 1.20 bits per heavy atom. The van der Waals surface area contributed by atoms with Crippen molar-refractivity contribution < 1.29 is 26.3 Å². The smallest absolute Gasteiger partial charge is 0.193 e. The second kappa shape index (κ2) is 7.67. The van der Waals surface area contributed by atoms with E-state index >= 15 is 0 Å². The molecule has 0 radical (unpaired) electrons. The molecule has 2 rings (SSSR count). The fraction of sp³-hybridized carbons (Fsp3) is 0.125. The van der Waals surface area contributed by atoms with Gasteiger partial charge in [0.15, 0.2) is 0 Å². The maximum atomic E-state index is 14.0. The average Bonchev–Trinajstić information content (AvgIpc) is 2.55. The van der Waals surface area contributed by atoms with Crippen molar-refractivity contribution in [3.8, 4) is 0 Å². The van der Waals surface area contributed by atoms with Crippen LogP contribution in [0.15, 0.2) is 57.5 Å². The molecule has 0 heterocycles. The number of alkyl halides is 4. The van der Waals surface area contributed by atoms with Crippen molar-refractivity contribution in [2.45, 2.75) is 11.8 Å². The summed E-state index contributed by atoms with van der Waals surface area (Å²) in [7, 11) is -0.912. The molecule has 0 nitrogen and oxygen atoms in total. The van der Waals surface area contributed by atoms with Crippen LogP contribution in [0.1, 0.15) is 11.1 Å². The average molecular weight is 506 g/mol. The summed E-state index contributed by atoms with van der Waals surface area (Å²) in [4.78, 5) is 0. The van der Waals surface area contributed by atoms with Crippen LogP contribution in [0.4, 0.5) is 26.3 Å². The molecule has 9 heteroatoms. The van der Waals surface area contributed by atoms with E-state index in [1.54, 1.807) is 0 Å². The van der Waals surface area contributed by atoms with Crippen LogP contribution in [0, 0.1) is 0 Å². The quantitative estimate of drug-likeness (QED) is 0.238. The van der Waals surface area contributed by atoms with E-state index in [0.29, 0.717) is 8.95 Å². The monoisotopic (exact) mass is 504 g/mol. The van der Waals surface area contributed by atoms with Crippen molar-refractivity contribution >= 4 is 53.0 Å². The molecule has 0 unspecified atom stereocenters. The zero-order valence-electron chi connectivity index (χ0n) is 12.1. The standard InChI is InChI=1S/C16H8Br2F6S/c17-11-5-1-9(2-6-11)15(21,22)13(19)25-14(20)16(23,24)10-3-7-12(18)8-4-10/h1-8H. The number of halogens is 8. The Balaban J connectivity index is 2.46. The van der Waals surface area contributed by atoms with Gasteiger partial charge in [0.2, 0.25) is 10.2 Å². The molecule has 0 aliphatic rings. The lowest BCUT2D eigenvalue weighted by molar-refractivity contribution is 0.0669. The van der Waals surface area contributed by atoms with Crippen LogP contribution in [-0.2, 0) is 11.8 Å². The van der Waals surface area contributed by atoms with Crippen molar-refractivity contribution in [2.24, 2.45) is 0 Å². The van der Waals surface area contributed by atoms with Gasteiger partial charge in [-0.3, -0.25) is 0 Å². The third-order valence-corrected chi connectivity index (χ3v) is 5.01. The molecule has 25 heavy (non-hydrogen) atoms. The first-order valence-electron chi connectivity index (χ1n) is 6.56. The highest BCUT2D eigenvalue weighted by Gasteiger charge is 2.42. The molecule has 0 saturated heterocycles. The SMILES string of the molecule is FC(=S=C(F)C(F)(F)c1ccc(Br)cc1)C(F)(F)c1ccc(Br)cc1. The predicted molar refractivity (Wildman–Crippen MR) is 95.9 cm³/mol. The van der Waals surface area contributed by atoms with Crippen LogP contribution in [-0.4, -0.2) is 10.2 Å². The van der Waals surface area contributed by atoms with Gasteiger partial charge in [0.25, 0.3) is 0 Å². The highest BCUT2D eigenvalue weighted by atomic mass is 79.9. The zero-order chi connectivity index (χ0) is 18.8. The van der Waals surface area contributed by atoms with Crippen molar-refractivity contribution in [2.75, 3.05) is 0 Å². The van der Waals surface area contributed by atoms with Crippen LogP contribution in [0.2, 0.25) is 0 Å². The molecule has 134 valence electrons. The van der Waals surface area contributed by atoms with Crippen molar-refractivity contribution in [1.29, 1.82) is 0 Å². The number of hydrogen-bond donors (Lipinski definition) is 0. The molecule has 0 N–H and O–H groups in total. The minimum Gasteiger partial charge on any atom is -0.193 e. The third kappa shape index (κ3) is 4.57. The molecule has 0 aliphatic carbocycles. The summed E-state index contributed by atoms with van der Waals surface area (Å²) in [6.45, 7) is 0. The molecule has 0 fully saturated rings. The summed E-state index contributed by atoms with van der Waals surface area (Å²) in [5, 5.41) is -4.55. The second-order valence-corrected chi connectivity index (χ2v) is 7.56. The molecular weight excluding hydrogens is 498 g/mol. The van der Waals surface area contributed by atoms with Crippen LogP contribution >= 0.6 is 42.8 Å². The molecule has 0 bridgehead atoms. The van der Waals surface area contributed by atoms with Gasteiger partial charge in [0.05, 0.1) is 0 Å². The van der Waals surface area contributed by atoms with Gasteiger partial charge in [0, 0.05) is 20.1 Å². The number of hydrogen-bond acceptors (Lipinski definition) is 0. The minimum absolute atomic E-state index is 0.472. The predicted octanol–water partition coefficient (Wildman–Crippen LogP) is 7.03. The Morgan fingerprint density at radius 1 is 0.640 bits per heavy atom. The molecule has 2 aromatic rings. The minimum atomic E-state index is -4.22. The molecular formula is C16H8Br2F6S. The zero-order valence-corrected chi connectivity index (χ0v) is 16.0. The highest BCUT2D eigenvalue weighted by Crippen LogP contribution is 2.35. The van der Waals surface area contributed by atoms with E-state index in [1.807, 2.05) is 0 Å². The van der Waals surface area contributed by atoms with E-state index < -0.39 is 44.1 Å². The first-order chi connectivity index (χ1) is 11.5. The van der Waals surface area contributed by atoms with E-state index in [4.69, 9.17) is 0 Å². The van der Waals surface area contributed by atoms with Crippen molar-refractivity contribution in [3.63, 3.8) is 0 Å². The van der Waals surface area contributed by atoms with E-state index in [-0.39, 0.29) is 0 Å². The van der Waals surface area contributed by atoms with Gasteiger partial charge in [0.1, 0.15) is 0 Å². The fourth-order valence-corrected chi connectivity index (χ4v) is 2.93. The van der Waals surface area contributed by atoms with Gasteiger partial charge in [-0.1, -0.05) is 67.1 Å². The maximum absolute atomic E-state index is 14.0. The molecule has 0 atom stereocenters. The largest absolute Gasteiger partial charge is 0.333 e. The molecule has 0 saturated carbocycles. The maximum Gasteiger partial charge on any atom is 0.333 e. The molecule has 2 aromatic carbocycles. The summed E-state index contributed by atoms with van der Waals surface area (Å²) in [5.41, 5.74) is -1.55. The van der Waals surface area contributed by atoms with Crippen LogP contribution in [0.25, 0.3) is 0 Å². The van der Waals surface area contributed by atoms with Gasteiger partial charge in [-0.15, -0.1) is 0 Å². The fourth-order valence-electron chi connectivity index (χ4n) is 1.75. The summed E-state index contributed by atoms with van der Waals surface area (Å²) < 4.78 is 84.7. The van der Waals surface area contributed by atoms with Crippen LogP contribution in [0.5, 0.6) is 0 Å². The molecule has 0 amide bonds. The lowest BCUT2D eigenvalue weighted by Crippen LogP contribution is -2.24. The summed E-state index contributed by atoms with van der Waals surface area (Å²) >= 11 is 6.06. The normalized spacial score (nSPS) is 12.0. The van der Waals surface area contributed by atoms with Gasteiger partial charge < -0.3 is 0 Å².